The Morgan fingerprint density at radius 3 is 2.76 bits per heavy atom. The molecule has 3 rings (SSSR count). The zero-order valence-electron chi connectivity index (χ0n) is 12.7. The van der Waals surface area contributed by atoms with Gasteiger partial charge in [0.2, 0.25) is 0 Å². The summed E-state index contributed by atoms with van der Waals surface area (Å²) >= 11 is 0. The maximum Gasteiger partial charge on any atom is 0.193 e. The molecule has 1 saturated carbocycles. The van der Waals surface area contributed by atoms with Crippen LogP contribution in [-0.2, 0) is 0 Å². The van der Waals surface area contributed by atoms with Crippen molar-refractivity contribution in [2.24, 2.45) is 22.1 Å². The van der Waals surface area contributed by atoms with Gasteiger partial charge in [-0.05, 0) is 29.9 Å². The van der Waals surface area contributed by atoms with Gasteiger partial charge in [-0.1, -0.05) is 13.8 Å². The fraction of sp³-hybridized carbons (Fsp3) is 0.562. The second-order valence-corrected chi connectivity index (χ2v) is 6.45. The Morgan fingerprint density at radius 2 is 2.05 bits per heavy atom. The molecule has 1 aliphatic heterocycles. The summed E-state index contributed by atoms with van der Waals surface area (Å²) < 4.78 is 11.3. The highest BCUT2D eigenvalue weighted by Crippen LogP contribution is 2.51. The van der Waals surface area contributed by atoms with Gasteiger partial charge in [0.1, 0.15) is 0 Å². The number of fused-ring (bicyclic) bond motifs is 1. The number of nitrogens with one attached hydrogen (secondary N) is 1. The van der Waals surface area contributed by atoms with Crippen LogP contribution >= 0.6 is 0 Å². The number of benzene rings is 1. The molecule has 5 nitrogen and oxygen atoms in total. The highest BCUT2D eigenvalue weighted by atomic mass is 16.5. The van der Waals surface area contributed by atoms with Crippen LogP contribution < -0.4 is 20.5 Å². The van der Waals surface area contributed by atoms with Crippen molar-refractivity contribution in [2.45, 2.75) is 26.7 Å². The number of anilines is 1. The van der Waals surface area contributed by atoms with E-state index in [1.807, 2.05) is 18.2 Å². The van der Waals surface area contributed by atoms with Gasteiger partial charge in [0.05, 0.1) is 13.2 Å². The van der Waals surface area contributed by atoms with E-state index in [2.05, 4.69) is 24.2 Å². The van der Waals surface area contributed by atoms with Crippen LogP contribution in [0.2, 0.25) is 0 Å². The third kappa shape index (κ3) is 3.40. The smallest absolute Gasteiger partial charge is 0.193 e. The lowest BCUT2D eigenvalue weighted by molar-refractivity contribution is 0.297. The number of hydrogen-bond acceptors (Lipinski definition) is 3. The first kappa shape index (κ1) is 14.0. The minimum atomic E-state index is 0.430. The summed E-state index contributed by atoms with van der Waals surface area (Å²) in [6, 6.07) is 5.74. The van der Waals surface area contributed by atoms with Crippen molar-refractivity contribution in [1.29, 1.82) is 0 Å². The van der Waals surface area contributed by atoms with Crippen LogP contribution in [0, 0.1) is 11.3 Å². The molecule has 1 heterocycles. The van der Waals surface area contributed by atoms with E-state index in [9.17, 15) is 0 Å². The number of aliphatic imine (C=N–C) groups is 1. The molecule has 3 N–H and O–H groups in total. The normalized spacial score (nSPS) is 23.3. The summed E-state index contributed by atoms with van der Waals surface area (Å²) in [5, 5.41) is 3.12. The van der Waals surface area contributed by atoms with Crippen molar-refractivity contribution in [1.82, 2.24) is 0 Å². The first-order valence-electron chi connectivity index (χ1n) is 7.51. The van der Waals surface area contributed by atoms with E-state index in [0.29, 0.717) is 30.5 Å². The lowest BCUT2D eigenvalue weighted by Gasteiger charge is -2.11. The van der Waals surface area contributed by atoms with Gasteiger partial charge in [0.15, 0.2) is 17.5 Å². The largest absolute Gasteiger partial charge is 0.490 e. The average Bonchev–Trinajstić information content (AvgIpc) is 3.12. The molecule has 0 aromatic heterocycles. The molecule has 1 fully saturated rings. The van der Waals surface area contributed by atoms with Crippen LogP contribution in [0.3, 0.4) is 0 Å². The Labute approximate surface area is 125 Å². The molecule has 1 aliphatic carbocycles. The molecule has 0 spiro atoms. The van der Waals surface area contributed by atoms with Gasteiger partial charge in [0, 0.05) is 24.7 Å². The summed E-state index contributed by atoms with van der Waals surface area (Å²) in [6.45, 7) is 6.69. The first-order chi connectivity index (χ1) is 10.0. The average molecular weight is 289 g/mol. The zero-order valence-corrected chi connectivity index (χ0v) is 12.7. The topological polar surface area (TPSA) is 68.9 Å². The van der Waals surface area contributed by atoms with E-state index >= 15 is 0 Å². The monoisotopic (exact) mass is 289 g/mol. The van der Waals surface area contributed by atoms with E-state index in [1.165, 1.54) is 6.42 Å². The second kappa shape index (κ2) is 5.47. The SMILES string of the molecule is CC1(C)CC1CN=C(N)Nc1ccc2c(c1)OCCCO2. The maximum atomic E-state index is 5.94. The molecule has 1 aromatic carbocycles. The number of hydrogen-bond donors (Lipinski definition) is 2. The first-order valence-corrected chi connectivity index (χ1v) is 7.51. The van der Waals surface area contributed by atoms with E-state index in [1.54, 1.807) is 0 Å². The predicted molar refractivity (Wildman–Crippen MR) is 84.0 cm³/mol. The standard InChI is InChI=1S/C16H23N3O2/c1-16(2)9-11(16)10-18-15(17)19-12-4-5-13-14(8-12)21-7-3-6-20-13/h4-5,8,11H,3,6-7,9-10H2,1-2H3,(H3,17,18,19). The Bertz CT molecular complexity index is 554. The number of nitrogens with two attached hydrogens (primary N) is 1. The maximum absolute atomic E-state index is 5.94. The van der Waals surface area contributed by atoms with Gasteiger partial charge in [-0.15, -0.1) is 0 Å². The van der Waals surface area contributed by atoms with E-state index in [0.717, 1.165) is 30.2 Å². The minimum Gasteiger partial charge on any atom is -0.490 e. The van der Waals surface area contributed by atoms with Crippen LogP contribution in [0.4, 0.5) is 5.69 Å². The van der Waals surface area contributed by atoms with Crippen LogP contribution in [-0.4, -0.2) is 25.7 Å². The Hall–Kier alpha value is -1.91. The van der Waals surface area contributed by atoms with Crippen LogP contribution in [0.15, 0.2) is 23.2 Å². The van der Waals surface area contributed by atoms with E-state index in [-0.39, 0.29) is 0 Å². The lowest BCUT2D eigenvalue weighted by Crippen LogP contribution is -2.23. The number of guanidine groups is 1. The van der Waals surface area contributed by atoms with Crippen LogP contribution in [0.5, 0.6) is 11.5 Å². The van der Waals surface area contributed by atoms with Gasteiger partial charge in [-0.3, -0.25) is 4.99 Å². The summed E-state index contributed by atoms with van der Waals surface area (Å²) in [5.74, 6) is 2.65. The van der Waals surface area contributed by atoms with Gasteiger partial charge in [-0.2, -0.15) is 0 Å². The van der Waals surface area contributed by atoms with Crippen molar-refractivity contribution in [3.05, 3.63) is 18.2 Å². The van der Waals surface area contributed by atoms with Crippen LogP contribution in [0.25, 0.3) is 0 Å². The molecular formula is C16H23N3O2. The second-order valence-electron chi connectivity index (χ2n) is 6.45. The fourth-order valence-corrected chi connectivity index (χ4v) is 2.52. The van der Waals surface area contributed by atoms with Crippen molar-refractivity contribution >= 4 is 11.6 Å². The quantitative estimate of drug-likeness (QED) is 0.663. The molecule has 2 aliphatic rings. The van der Waals surface area contributed by atoms with Crippen LogP contribution in [0.1, 0.15) is 26.7 Å². The lowest BCUT2D eigenvalue weighted by atomic mass is 10.1. The highest BCUT2D eigenvalue weighted by molar-refractivity contribution is 5.92. The van der Waals surface area contributed by atoms with Gasteiger partial charge >= 0.3 is 0 Å². The van der Waals surface area contributed by atoms with Gasteiger partial charge in [0.25, 0.3) is 0 Å². The molecule has 114 valence electrons. The molecule has 5 heteroatoms. The Morgan fingerprint density at radius 1 is 1.33 bits per heavy atom. The van der Waals surface area contributed by atoms with Crippen molar-refractivity contribution < 1.29 is 9.47 Å². The third-order valence-electron chi connectivity index (χ3n) is 4.22. The molecule has 1 unspecified atom stereocenters. The number of ether oxygens (including phenoxy) is 2. The number of nitrogens with zero attached hydrogens (tertiary/aromatic N) is 1. The molecule has 0 amide bonds. The molecule has 1 atom stereocenters. The van der Waals surface area contributed by atoms with Crippen molar-refractivity contribution in [3.8, 4) is 11.5 Å². The molecule has 0 saturated heterocycles. The third-order valence-corrected chi connectivity index (χ3v) is 4.22. The van der Waals surface area contributed by atoms with Gasteiger partial charge < -0.3 is 20.5 Å². The fourth-order valence-electron chi connectivity index (χ4n) is 2.52. The van der Waals surface area contributed by atoms with Crippen molar-refractivity contribution in [2.75, 3.05) is 25.1 Å². The molecular weight excluding hydrogens is 266 g/mol. The molecule has 0 bridgehead atoms. The predicted octanol–water partition coefficient (Wildman–Crippen LogP) is 2.62. The molecule has 21 heavy (non-hydrogen) atoms. The van der Waals surface area contributed by atoms with E-state index < -0.39 is 0 Å². The van der Waals surface area contributed by atoms with E-state index in [4.69, 9.17) is 15.2 Å². The minimum absolute atomic E-state index is 0.430. The summed E-state index contributed by atoms with van der Waals surface area (Å²) in [6.07, 6.45) is 2.13. The van der Waals surface area contributed by atoms with Gasteiger partial charge in [-0.25, -0.2) is 0 Å². The number of rotatable bonds is 3. The summed E-state index contributed by atoms with van der Waals surface area (Å²) in [7, 11) is 0. The molecule has 1 aromatic rings. The summed E-state index contributed by atoms with van der Waals surface area (Å²) in [4.78, 5) is 4.42. The van der Waals surface area contributed by atoms with Crippen molar-refractivity contribution in [3.63, 3.8) is 0 Å². The zero-order chi connectivity index (χ0) is 14.9. The molecule has 0 radical (unpaired) electrons. The highest BCUT2D eigenvalue weighted by Gasteiger charge is 2.45. The summed E-state index contributed by atoms with van der Waals surface area (Å²) in [5.41, 5.74) is 7.24. The Kier molecular flexibility index (Phi) is 3.66. The Balaban J connectivity index is 1.62.